The molecule has 1 aromatic heterocycles. The lowest BCUT2D eigenvalue weighted by Gasteiger charge is -2.06. The van der Waals surface area contributed by atoms with E-state index in [-0.39, 0.29) is 5.56 Å². The molecule has 0 saturated heterocycles. The Labute approximate surface area is 125 Å². The van der Waals surface area contributed by atoms with E-state index in [0.717, 1.165) is 10.0 Å². The Bertz CT molecular complexity index is 767. The van der Waals surface area contributed by atoms with Crippen molar-refractivity contribution in [1.82, 2.24) is 4.68 Å². The Morgan fingerprint density at radius 1 is 1.30 bits per heavy atom. The van der Waals surface area contributed by atoms with E-state index in [1.807, 2.05) is 30.3 Å². The number of pyridine rings is 1. The minimum absolute atomic E-state index is 0.128. The maximum absolute atomic E-state index is 12.1. The van der Waals surface area contributed by atoms with E-state index in [1.165, 1.54) is 4.68 Å². The second-order valence-electron chi connectivity index (χ2n) is 4.37. The first-order valence-corrected chi connectivity index (χ1v) is 6.75. The molecule has 1 heterocycles. The minimum atomic E-state index is -0.390. The molecule has 20 heavy (non-hydrogen) atoms. The van der Waals surface area contributed by atoms with Gasteiger partial charge in [-0.2, -0.15) is 10.4 Å². The Hall–Kier alpha value is -2.19. The zero-order chi connectivity index (χ0) is 14.7. The summed E-state index contributed by atoms with van der Waals surface area (Å²) in [5, 5.41) is 13.2. The lowest BCUT2D eigenvalue weighted by atomic mass is 10.1. The molecule has 0 fully saturated rings. The molecule has 0 bridgehead atoms. The maximum atomic E-state index is 12.1. The average Bonchev–Trinajstić information content (AvgIpc) is 2.40. The zero-order valence-corrected chi connectivity index (χ0v) is 12.7. The summed E-state index contributed by atoms with van der Waals surface area (Å²) in [5.41, 5.74) is 1.98. The molecular formula is C15H12BrN3O. The van der Waals surface area contributed by atoms with Crippen LogP contribution in [0.2, 0.25) is 0 Å². The summed E-state index contributed by atoms with van der Waals surface area (Å²) in [6.45, 7) is 3.53. The standard InChI is InChI=1S/C15H12BrN3O/c1-10-7-11(2)19(15(20)14(10)8-17)18-9-12-3-5-13(16)6-4-12/h3-7,9H,1-2H3/b18-9+. The van der Waals surface area contributed by atoms with Gasteiger partial charge in [-0.3, -0.25) is 4.79 Å². The molecule has 0 spiro atoms. The Morgan fingerprint density at radius 3 is 2.55 bits per heavy atom. The number of halogens is 1. The highest BCUT2D eigenvalue weighted by molar-refractivity contribution is 9.10. The van der Waals surface area contributed by atoms with Gasteiger partial charge in [-0.25, -0.2) is 4.68 Å². The average molecular weight is 330 g/mol. The highest BCUT2D eigenvalue weighted by Gasteiger charge is 2.08. The number of hydrogen-bond acceptors (Lipinski definition) is 3. The van der Waals surface area contributed by atoms with E-state index in [4.69, 9.17) is 5.26 Å². The summed E-state index contributed by atoms with van der Waals surface area (Å²) >= 11 is 3.36. The second kappa shape index (κ2) is 5.85. The number of rotatable bonds is 2. The topological polar surface area (TPSA) is 58.1 Å². The van der Waals surface area contributed by atoms with Crippen molar-refractivity contribution in [3.05, 3.63) is 67.5 Å². The molecule has 0 aliphatic rings. The normalized spacial score (nSPS) is 10.7. The highest BCUT2D eigenvalue weighted by atomic mass is 79.9. The summed E-state index contributed by atoms with van der Waals surface area (Å²) in [6.07, 6.45) is 1.59. The van der Waals surface area contributed by atoms with Crippen LogP contribution in [0.3, 0.4) is 0 Å². The first-order chi connectivity index (χ1) is 9.52. The molecule has 0 saturated carbocycles. The van der Waals surface area contributed by atoms with Crippen molar-refractivity contribution in [3.63, 3.8) is 0 Å². The van der Waals surface area contributed by atoms with Crippen LogP contribution in [0.1, 0.15) is 22.4 Å². The van der Waals surface area contributed by atoms with E-state index in [9.17, 15) is 4.79 Å². The third-order valence-corrected chi connectivity index (χ3v) is 3.39. The van der Waals surface area contributed by atoms with Crippen LogP contribution < -0.4 is 5.56 Å². The van der Waals surface area contributed by atoms with Crippen molar-refractivity contribution in [3.8, 4) is 6.07 Å². The summed E-state index contributed by atoms with van der Waals surface area (Å²) in [5.74, 6) is 0. The van der Waals surface area contributed by atoms with Gasteiger partial charge in [0.05, 0.1) is 6.21 Å². The van der Waals surface area contributed by atoms with Gasteiger partial charge in [-0.05, 0) is 43.2 Å². The molecule has 100 valence electrons. The molecule has 0 N–H and O–H groups in total. The van der Waals surface area contributed by atoms with Crippen molar-refractivity contribution < 1.29 is 0 Å². The predicted octanol–water partition coefficient (Wildman–Crippen LogP) is 2.98. The molecule has 5 heteroatoms. The summed E-state index contributed by atoms with van der Waals surface area (Å²) in [4.78, 5) is 12.1. The fourth-order valence-corrected chi connectivity index (χ4v) is 2.10. The second-order valence-corrected chi connectivity index (χ2v) is 5.28. The fraction of sp³-hybridized carbons (Fsp3) is 0.133. The van der Waals surface area contributed by atoms with Gasteiger partial charge in [-0.1, -0.05) is 28.1 Å². The molecule has 4 nitrogen and oxygen atoms in total. The largest absolute Gasteiger partial charge is 0.289 e. The smallest absolute Gasteiger partial charge is 0.266 e. The molecular weight excluding hydrogens is 318 g/mol. The number of nitrogens with zero attached hydrogens (tertiary/aromatic N) is 3. The summed E-state index contributed by atoms with van der Waals surface area (Å²) in [6, 6.07) is 11.3. The predicted molar refractivity (Wildman–Crippen MR) is 82.0 cm³/mol. The summed E-state index contributed by atoms with van der Waals surface area (Å²) < 4.78 is 2.22. The van der Waals surface area contributed by atoms with Gasteiger partial charge < -0.3 is 0 Å². The maximum Gasteiger partial charge on any atom is 0.289 e. The third-order valence-electron chi connectivity index (χ3n) is 2.86. The van der Waals surface area contributed by atoms with E-state index >= 15 is 0 Å². The van der Waals surface area contributed by atoms with Crippen LogP contribution >= 0.6 is 15.9 Å². The molecule has 0 aliphatic carbocycles. The van der Waals surface area contributed by atoms with Crippen LogP contribution in [0.15, 0.2) is 44.7 Å². The summed E-state index contributed by atoms with van der Waals surface area (Å²) in [7, 11) is 0. The lowest BCUT2D eigenvalue weighted by Crippen LogP contribution is -2.22. The SMILES string of the molecule is Cc1cc(C)n(/N=C/c2ccc(Br)cc2)c(=O)c1C#N. The Kier molecular flexibility index (Phi) is 4.16. The molecule has 0 atom stereocenters. The van der Waals surface area contributed by atoms with Gasteiger partial charge in [-0.15, -0.1) is 0 Å². The number of hydrogen-bond donors (Lipinski definition) is 0. The molecule has 0 aliphatic heterocycles. The highest BCUT2D eigenvalue weighted by Crippen LogP contribution is 2.09. The number of aromatic nitrogens is 1. The molecule has 0 unspecified atom stereocenters. The van der Waals surface area contributed by atoms with Crippen molar-refractivity contribution in [1.29, 1.82) is 5.26 Å². The molecule has 2 aromatic rings. The molecule has 1 aromatic carbocycles. The fourth-order valence-electron chi connectivity index (χ4n) is 1.83. The number of benzene rings is 1. The van der Waals surface area contributed by atoms with Gasteiger partial charge in [0.2, 0.25) is 0 Å². The van der Waals surface area contributed by atoms with Crippen molar-refractivity contribution in [2.24, 2.45) is 5.10 Å². The van der Waals surface area contributed by atoms with Crippen LogP contribution in [0, 0.1) is 25.2 Å². The third kappa shape index (κ3) is 2.86. The van der Waals surface area contributed by atoms with Crippen molar-refractivity contribution in [2.45, 2.75) is 13.8 Å². The van der Waals surface area contributed by atoms with Crippen LogP contribution in [0.5, 0.6) is 0 Å². The first-order valence-electron chi connectivity index (χ1n) is 5.96. The monoisotopic (exact) mass is 329 g/mol. The van der Waals surface area contributed by atoms with Gasteiger partial charge >= 0.3 is 0 Å². The van der Waals surface area contributed by atoms with Crippen LogP contribution in [0.25, 0.3) is 0 Å². The zero-order valence-electron chi connectivity index (χ0n) is 11.1. The molecule has 0 amide bonds. The molecule has 2 rings (SSSR count). The van der Waals surface area contributed by atoms with Crippen LogP contribution in [0.4, 0.5) is 0 Å². The number of nitriles is 1. The quantitative estimate of drug-likeness (QED) is 0.795. The molecule has 0 radical (unpaired) electrons. The van der Waals surface area contributed by atoms with Crippen LogP contribution in [-0.2, 0) is 0 Å². The minimum Gasteiger partial charge on any atom is -0.266 e. The van der Waals surface area contributed by atoms with Crippen LogP contribution in [-0.4, -0.2) is 10.9 Å². The van der Waals surface area contributed by atoms with Gasteiger partial charge in [0.25, 0.3) is 5.56 Å². The van der Waals surface area contributed by atoms with Crippen molar-refractivity contribution in [2.75, 3.05) is 0 Å². The van der Waals surface area contributed by atoms with E-state index in [1.54, 1.807) is 26.1 Å². The van der Waals surface area contributed by atoms with E-state index < -0.39 is 5.56 Å². The van der Waals surface area contributed by atoms with Gasteiger partial charge in [0.1, 0.15) is 11.6 Å². The van der Waals surface area contributed by atoms with Gasteiger partial charge in [0.15, 0.2) is 0 Å². The first kappa shape index (κ1) is 14.2. The van der Waals surface area contributed by atoms with E-state index in [0.29, 0.717) is 11.3 Å². The lowest BCUT2D eigenvalue weighted by molar-refractivity contribution is 0.786. The Balaban J connectivity index is 2.47. The van der Waals surface area contributed by atoms with E-state index in [2.05, 4.69) is 21.0 Å². The van der Waals surface area contributed by atoms with Crippen molar-refractivity contribution >= 4 is 22.1 Å². The Morgan fingerprint density at radius 2 is 1.95 bits per heavy atom. The number of aryl methyl sites for hydroxylation is 2. The van der Waals surface area contributed by atoms with Gasteiger partial charge in [0, 0.05) is 10.2 Å².